The highest BCUT2D eigenvalue weighted by Crippen LogP contribution is 2.25. The van der Waals surface area contributed by atoms with E-state index in [0.717, 1.165) is 0 Å². The number of carbonyl (C=O) groups excluding carboxylic acids is 1. The number of rotatable bonds is 7. The fraction of sp³-hybridized carbons (Fsp3) is 0.350. The van der Waals surface area contributed by atoms with Gasteiger partial charge in [0.05, 0.1) is 17.7 Å². The molecule has 0 aromatic heterocycles. The predicted molar refractivity (Wildman–Crippen MR) is 109 cm³/mol. The average Bonchev–Trinajstić information content (AvgIpc) is 2.64. The molecular weight excluding hydrogens is 402 g/mol. The second-order valence-electron chi connectivity index (χ2n) is 7.16. The van der Waals surface area contributed by atoms with E-state index in [4.69, 9.17) is 16.3 Å². The summed E-state index contributed by atoms with van der Waals surface area (Å²) in [7, 11) is -2.69. The van der Waals surface area contributed by atoms with Crippen LogP contribution in [0.4, 0.5) is 0 Å². The van der Waals surface area contributed by atoms with Gasteiger partial charge in [0.1, 0.15) is 17.3 Å². The highest BCUT2D eigenvalue weighted by atomic mass is 35.5. The molecule has 8 heteroatoms. The first kappa shape index (κ1) is 22.2. The molecule has 0 heterocycles. The lowest BCUT2D eigenvalue weighted by molar-refractivity contribution is 0.0600. The van der Waals surface area contributed by atoms with Gasteiger partial charge >= 0.3 is 5.97 Å². The summed E-state index contributed by atoms with van der Waals surface area (Å²) in [5.74, 6) is 0.00747. The van der Waals surface area contributed by atoms with E-state index in [9.17, 15) is 13.2 Å². The summed E-state index contributed by atoms with van der Waals surface area (Å²) in [6.45, 7) is 6.55. The van der Waals surface area contributed by atoms with Crippen LogP contribution < -0.4 is 9.46 Å². The van der Waals surface area contributed by atoms with Gasteiger partial charge in [0, 0.05) is 6.54 Å². The van der Waals surface area contributed by atoms with Crippen molar-refractivity contribution in [2.75, 3.05) is 20.3 Å². The topological polar surface area (TPSA) is 81.7 Å². The molecule has 0 fully saturated rings. The molecule has 2 aromatic carbocycles. The third-order valence-corrected chi connectivity index (χ3v) is 5.97. The summed E-state index contributed by atoms with van der Waals surface area (Å²) in [6.07, 6.45) is 0. The van der Waals surface area contributed by atoms with Crippen LogP contribution in [0.25, 0.3) is 0 Å². The Morgan fingerprint density at radius 2 is 1.75 bits per heavy atom. The maximum absolute atomic E-state index is 12.5. The van der Waals surface area contributed by atoms with Crippen molar-refractivity contribution < 1.29 is 22.7 Å². The summed E-state index contributed by atoms with van der Waals surface area (Å²) >= 11 is 5.99. The molecule has 0 amide bonds. The zero-order chi connectivity index (χ0) is 20.9. The van der Waals surface area contributed by atoms with Crippen molar-refractivity contribution in [1.82, 2.24) is 4.72 Å². The van der Waals surface area contributed by atoms with Crippen LogP contribution in [-0.2, 0) is 20.2 Å². The van der Waals surface area contributed by atoms with Gasteiger partial charge in [0.2, 0.25) is 10.0 Å². The van der Waals surface area contributed by atoms with E-state index in [-0.39, 0.29) is 34.0 Å². The molecule has 0 saturated carbocycles. The Hall–Kier alpha value is -2.09. The first-order chi connectivity index (χ1) is 13.0. The van der Waals surface area contributed by atoms with Crippen molar-refractivity contribution in [3.05, 3.63) is 58.6 Å². The molecule has 0 radical (unpaired) electrons. The van der Waals surface area contributed by atoms with E-state index in [1.54, 1.807) is 0 Å². The summed E-state index contributed by atoms with van der Waals surface area (Å²) in [5, 5.41) is 0.0128. The highest BCUT2D eigenvalue weighted by Gasteiger charge is 2.20. The second-order valence-corrected chi connectivity index (χ2v) is 9.30. The molecule has 2 rings (SSSR count). The van der Waals surface area contributed by atoms with Gasteiger partial charge < -0.3 is 9.47 Å². The molecule has 0 aliphatic carbocycles. The van der Waals surface area contributed by atoms with Crippen LogP contribution >= 0.6 is 11.6 Å². The Morgan fingerprint density at radius 3 is 2.32 bits per heavy atom. The molecule has 0 spiro atoms. The van der Waals surface area contributed by atoms with Gasteiger partial charge in [-0.05, 0) is 41.3 Å². The third-order valence-electron chi connectivity index (χ3n) is 4.03. The number of halogens is 1. The van der Waals surface area contributed by atoms with Crippen molar-refractivity contribution in [1.29, 1.82) is 0 Å². The highest BCUT2D eigenvalue weighted by molar-refractivity contribution is 7.89. The lowest BCUT2D eigenvalue weighted by atomic mass is 9.87. The van der Waals surface area contributed by atoms with E-state index >= 15 is 0 Å². The number of hydrogen-bond donors (Lipinski definition) is 1. The Labute approximate surface area is 170 Å². The van der Waals surface area contributed by atoms with Crippen molar-refractivity contribution in [3.63, 3.8) is 0 Å². The number of esters is 1. The largest absolute Gasteiger partial charge is 0.492 e. The number of nitrogens with one attached hydrogen (secondary N) is 1. The smallest absolute Gasteiger partial charge is 0.337 e. The number of hydrogen-bond acceptors (Lipinski definition) is 5. The fourth-order valence-corrected chi connectivity index (χ4v) is 3.96. The molecular formula is C20H24ClNO5S. The Bertz CT molecular complexity index is 934. The molecule has 0 aliphatic heterocycles. The molecule has 0 atom stereocenters. The zero-order valence-electron chi connectivity index (χ0n) is 16.3. The summed E-state index contributed by atoms with van der Waals surface area (Å²) in [6, 6.07) is 11.6. The maximum Gasteiger partial charge on any atom is 0.337 e. The van der Waals surface area contributed by atoms with Crippen LogP contribution in [-0.4, -0.2) is 34.6 Å². The van der Waals surface area contributed by atoms with Crippen LogP contribution in [0, 0.1) is 0 Å². The lowest BCUT2D eigenvalue weighted by Gasteiger charge is -2.19. The van der Waals surface area contributed by atoms with Crippen LogP contribution in [0.1, 0.15) is 36.7 Å². The standard InChI is InChI=1S/C20H24ClNO5S/c1-20(2,3)15-6-8-16(9-7-15)27-12-11-22-28(24,25)18-13-14(19(23)26-4)5-10-17(18)21/h5-10,13,22H,11-12H2,1-4H3. The fourth-order valence-electron chi connectivity index (χ4n) is 2.43. The average molecular weight is 426 g/mol. The quantitative estimate of drug-likeness (QED) is 0.539. The Kier molecular flexibility index (Phi) is 7.09. The predicted octanol–water partition coefficient (Wildman–Crippen LogP) is 3.78. The first-order valence-electron chi connectivity index (χ1n) is 8.65. The van der Waals surface area contributed by atoms with Crippen molar-refractivity contribution >= 4 is 27.6 Å². The molecule has 0 saturated heterocycles. The molecule has 1 N–H and O–H groups in total. The molecule has 0 unspecified atom stereocenters. The maximum atomic E-state index is 12.5. The van der Waals surface area contributed by atoms with Crippen LogP contribution in [0.3, 0.4) is 0 Å². The van der Waals surface area contributed by atoms with Crippen molar-refractivity contribution in [3.8, 4) is 5.75 Å². The molecule has 152 valence electrons. The SMILES string of the molecule is COC(=O)c1ccc(Cl)c(S(=O)(=O)NCCOc2ccc(C(C)(C)C)cc2)c1. The molecule has 0 aliphatic rings. The molecule has 6 nitrogen and oxygen atoms in total. The van der Waals surface area contributed by atoms with Gasteiger partial charge in [-0.25, -0.2) is 17.9 Å². The number of carbonyl (C=O) groups is 1. The van der Waals surface area contributed by atoms with E-state index in [1.807, 2.05) is 24.3 Å². The second kappa shape index (κ2) is 8.94. The minimum absolute atomic E-state index is 0.0128. The summed E-state index contributed by atoms with van der Waals surface area (Å²) in [4.78, 5) is 11.4. The minimum atomic E-state index is -3.91. The molecule has 0 bridgehead atoms. The normalized spacial score (nSPS) is 11.9. The van der Waals surface area contributed by atoms with Crippen LogP contribution in [0.5, 0.6) is 5.75 Å². The zero-order valence-corrected chi connectivity index (χ0v) is 17.9. The van der Waals surface area contributed by atoms with Crippen LogP contribution in [0.15, 0.2) is 47.4 Å². The lowest BCUT2D eigenvalue weighted by Crippen LogP contribution is -2.28. The first-order valence-corrected chi connectivity index (χ1v) is 10.5. The van der Waals surface area contributed by atoms with Crippen molar-refractivity contribution in [2.45, 2.75) is 31.1 Å². The summed E-state index contributed by atoms with van der Waals surface area (Å²) < 4.78 is 37.6. The van der Waals surface area contributed by atoms with Gasteiger partial charge in [-0.3, -0.25) is 0 Å². The van der Waals surface area contributed by atoms with E-state index in [1.165, 1.54) is 30.9 Å². The Morgan fingerprint density at radius 1 is 1.11 bits per heavy atom. The van der Waals surface area contributed by atoms with Gasteiger partial charge in [-0.1, -0.05) is 44.5 Å². The summed E-state index contributed by atoms with van der Waals surface area (Å²) in [5.41, 5.74) is 1.33. The van der Waals surface area contributed by atoms with E-state index in [0.29, 0.717) is 5.75 Å². The number of sulfonamides is 1. The molecule has 2 aromatic rings. The minimum Gasteiger partial charge on any atom is -0.492 e. The molecule has 28 heavy (non-hydrogen) atoms. The van der Waals surface area contributed by atoms with Gasteiger partial charge in [-0.2, -0.15) is 0 Å². The van der Waals surface area contributed by atoms with Gasteiger partial charge in [0.15, 0.2) is 0 Å². The van der Waals surface area contributed by atoms with E-state index in [2.05, 4.69) is 30.2 Å². The number of benzene rings is 2. The van der Waals surface area contributed by atoms with Crippen molar-refractivity contribution in [2.24, 2.45) is 0 Å². The Balaban J connectivity index is 1.98. The number of methoxy groups -OCH3 is 1. The van der Waals surface area contributed by atoms with Crippen LogP contribution in [0.2, 0.25) is 5.02 Å². The number of ether oxygens (including phenoxy) is 2. The monoisotopic (exact) mass is 425 g/mol. The van der Waals surface area contributed by atoms with E-state index < -0.39 is 16.0 Å². The third kappa shape index (κ3) is 5.70. The van der Waals surface area contributed by atoms with Gasteiger partial charge in [-0.15, -0.1) is 0 Å². The van der Waals surface area contributed by atoms with Gasteiger partial charge in [0.25, 0.3) is 0 Å².